The largest absolute Gasteiger partial charge is 0.388 e. The van der Waals surface area contributed by atoms with Gasteiger partial charge in [-0.1, -0.05) is 32.0 Å². The highest BCUT2D eigenvalue weighted by Gasteiger charge is 2.15. The Hall–Kier alpha value is -1.02. The molecule has 1 aromatic carbocycles. The molecule has 1 aromatic rings. The molecule has 0 aromatic heterocycles. The van der Waals surface area contributed by atoms with E-state index in [1.165, 1.54) is 0 Å². The fourth-order valence-corrected chi connectivity index (χ4v) is 1.50. The highest BCUT2D eigenvalue weighted by atomic mass is 16.3. The van der Waals surface area contributed by atoms with E-state index in [1.807, 2.05) is 57.1 Å². The third-order valence-corrected chi connectivity index (χ3v) is 2.37. The molecule has 0 amide bonds. The van der Waals surface area contributed by atoms with Crippen LogP contribution < -0.4 is 4.90 Å². The van der Waals surface area contributed by atoms with Gasteiger partial charge in [-0.2, -0.15) is 0 Å². The van der Waals surface area contributed by atoms with Gasteiger partial charge in [-0.3, -0.25) is 0 Å². The van der Waals surface area contributed by atoms with Crippen LogP contribution >= 0.6 is 0 Å². The molecule has 1 unspecified atom stereocenters. The second-order valence-corrected chi connectivity index (χ2v) is 4.14. The molecule has 0 spiro atoms. The van der Waals surface area contributed by atoms with E-state index >= 15 is 0 Å². The van der Waals surface area contributed by atoms with Crippen LogP contribution in [-0.4, -0.2) is 19.2 Å². The Bertz CT molecular complexity index is 294. The second kappa shape index (κ2) is 4.47. The zero-order valence-corrected chi connectivity index (χ0v) is 9.36. The van der Waals surface area contributed by atoms with Crippen molar-refractivity contribution in [2.24, 2.45) is 5.92 Å². The Balaban J connectivity index is 3.06. The van der Waals surface area contributed by atoms with E-state index in [9.17, 15) is 5.11 Å². The molecule has 2 heteroatoms. The summed E-state index contributed by atoms with van der Waals surface area (Å²) in [5.41, 5.74) is 2.10. The van der Waals surface area contributed by atoms with Gasteiger partial charge in [-0.25, -0.2) is 0 Å². The lowest BCUT2D eigenvalue weighted by atomic mass is 9.97. The number of nitrogens with zero attached hydrogens (tertiary/aromatic N) is 1. The highest BCUT2D eigenvalue weighted by molar-refractivity contribution is 5.53. The monoisotopic (exact) mass is 193 g/mol. The third kappa shape index (κ3) is 2.26. The lowest BCUT2D eigenvalue weighted by Crippen LogP contribution is -2.15. The maximum Gasteiger partial charge on any atom is 0.0832 e. The number of anilines is 1. The summed E-state index contributed by atoms with van der Waals surface area (Å²) in [6, 6.07) is 7.97. The molecule has 1 N–H and O–H groups in total. The van der Waals surface area contributed by atoms with Gasteiger partial charge in [0.05, 0.1) is 6.10 Å². The van der Waals surface area contributed by atoms with E-state index in [2.05, 4.69) is 0 Å². The predicted molar refractivity (Wildman–Crippen MR) is 60.6 cm³/mol. The van der Waals surface area contributed by atoms with Crippen molar-refractivity contribution < 1.29 is 5.11 Å². The Morgan fingerprint density at radius 1 is 1.14 bits per heavy atom. The van der Waals surface area contributed by atoms with Crippen LogP contribution in [0, 0.1) is 5.92 Å². The van der Waals surface area contributed by atoms with E-state index in [4.69, 9.17) is 0 Å². The summed E-state index contributed by atoms with van der Waals surface area (Å²) in [6.07, 6.45) is -0.381. The van der Waals surface area contributed by atoms with Crippen molar-refractivity contribution in [3.63, 3.8) is 0 Å². The van der Waals surface area contributed by atoms with Gasteiger partial charge in [-0.05, 0) is 12.0 Å². The van der Waals surface area contributed by atoms with Gasteiger partial charge in [-0.15, -0.1) is 0 Å². The van der Waals surface area contributed by atoms with Crippen molar-refractivity contribution in [1.29, 1.82) is 0 Å². The molecule has 2 nitrogen and oxygen atoms in total. The number of hydrogen-bond donors (Lipinski definition) is 1. The predicted octanol–water partition coefficient (Wildman–Crippen LogP) is 2.44. The molecule has 1 atom stereocenters. The first-order valence-electron chi connectivity index (χ1n) is 4.98. The van der Waals surface area contributed by atoms with Crippen LogP contribution in [0.25, 0.3) is 0 Å². The summed E-state index contributed by atoms with van der Waals surface area (Å²) in [5.74, 6) is 0.246. The second-order valence-electron chi connectivity index (χ2n) is 4.14. The molecular formula is C12H19NO. The van der Waals surface area contributed by atoms with Gasteiger partial charge >= 0.3 is 0 Å². The summed E-state index contributed by atoms with van der Waals surface area (Å²) in [6.45, 7) is 4.05. The Morgan fingerprint density at radius 3 is 2.21 bits per heavy atom. The van der Waals surface area contributed by atoms with Crippen molar-refractivity contribution in [3.8, 4) is 0 Å². The topological polar surface area (TPSA) is 23.5 Å². The average Bonchev–Trinajstić information content (AvgIpc) is 2.16. The maximum atomic E-state index is 10.0. The fraction of sp³-hybridized carbons (Fsp3) is 0.500. The van der Waals surface area contributed by atoms with Crippen molar-refractivity contribution >= 4 is 5.69 Å². The van der Waals surface area contributed by atoms with Crippen LogP contribution in [-0.2, 0) is 0 Å². The van der Waals surface area contributed by atoms with Crippen LogP contribution in [0.1, 0.15) is 25.5 Å². The van der Waals surface area contributed by atoms with Crippen LogP contribution in [0.15, 0.2) is 24.3 Å². The Kier molecular flexibility index (Phi) is 3.53. The molecule has 0 saturated carbocycles. The molecule has 0 heterocycles. The molecule has 0 aliphatic rings. The fourth-order valence-electron chi connectivity index (χ4n) is 1.50. The number of para-hydroxylation sites is 1. The van der Waals surface area contributed by atoms with Crippen LogP contribution in [0.3, 0.4) is 0 Å². The van der Waals surface area contributed by atoms with Crippen molar-refractivity contribution in [1.82, 2.24) is 0 Å². The third-order valence-electron chi connectivity index (χ3n) is 2.37. The first kappa shape index (κ1) is 11.1. The van der Waals surface area contributed by atoms with Gasteiger partial charge in [0.15, 0.2) is 0 Å². The first-order valence-corrected chi connectivity index (χ1v) is 4.98. The van der Waals surface area contributed by atoms with E-state index in [0.29, 0.717) is 0 Å². The molecule has 1 rings (SSSR count). The summed E-state index contributed by atoms with van der Waals surface area (Å²) in [5, 5.41) is 10.0. The molecule has 78 valence electrons. The number of hydrogen-bond acceptors (Lipinski definition) is 2. The quantitative estimate of drug-likeness (QED) is 0.797. The molecular weight excluding hydrogens is 174 g/mol. The number of benzene rings is 1. The molecule has 14 heavy (non-hydrogen) atoms. The van der Waals surface area contributed by atoms with E-state index < -0.39 is 0 Å². The molecule has 0 aliphatic carbocycles. The Labute approximate surface area is 86.2 Å². The lowest BCUT2D eigenvalue weighted by molar-refractivity contribution is 0.127. The normalized spacial score (nSPS) is 13.0. The van der Waals surface area contributed by atoms with Crippen LogP contribution in [0.4, 0.5) is 5.69 Å². The SMILES string of the molecule is CC(C)C(O)c1ccccc1N(C)C. The van der Waals surface area contributed by atoms with Crippen LogP contribution in [0.5, 0.6) is 0 Å². The zero-order chi connectivity index (χ0) is 10.7. The van der Waals surface area contributed by atoms with Gasteiger partial charge in [0.25, 0.3) is 0 Å². The Morgan fingerprint density at radius 2 is 1.71 bits per heavy atom. The van der Waals surface area contributed by atoms with Crippen molar-refractivity contribution in [2.75, 3.05) is 19.0 Å². The molecule has 0 saturated heterocycles. The van der Waals surface area contributed by atoms with Gasteiger partial charge in [0.2, 0.25) is 0 Å². The molecule has 0 radical (unpaired) electrons. The minimum Gasteiger partial charge on any atom is -0.388 e. The molecule has 0 bridgehead atoms. The molecule has 0 fully saturated rings. The number of aliphatic hydroxyl groups is 1. The van der Waals surface area contributed by atoms with Gasteiger partial charge < -0.3 is 10.0 Å². The smallest absolute Gasteiger partial charge is 0.0832 e. The number of rotatable bonds is 3. The summed E-state index contributed by atoms with van der Waals surface area (Å²) < 4.78 is 0. The first-order chi connectivity index (χ1) is 6.54. The highest BCUT2D eigenvalue weighted by Crippen LogP contribution is 2.29. The van der Waals surface area contributed by atoms with E-state index in [0.717, 1.165) is 11.3 Å². The summed E-state index contributed by atoms with van der Waals surface area (Å²) >= 11 is 0. The maximum absolute atomic E-state index is 10.0. The minimum absolute atomic E-state index is 0.246. The van der Waals surface area contributed by atoms with Gasteiger partial charge in [0, 0.05) is 25.3 Å². The minimum atomic E-state index is -0.381. The standard InChI is InChI=1S/C12H19NO/c1-9(2)12(14)10-7-5-6-8-11(10)13(3)4/h5-9,12,14H,1-4H3. The summed E-state index contributed by atoms with van der Waals surface area (Å²) in [7, 11) is 3.98. The van der Waals surface area contributed by atoms with Gasteiger partial charge in [0.1, 0.15) is 0 Å². The number of aliphatic hydroxyl groups excluding tert-OH is 1. The van der Waals surface area contributed by atoms with Crippen LogP contribution in [0.2, 0.25) is 0 Å². The lowest BCUT2D eigenvalue weighted by Gasteiger charge is -2.22. The van der Waals surface area contributed by atoms with E-state index in [1.54, 1.807) is 0 Å². The average molecular weight is 193 g/mol. The van der Waals surface area contributed by atoms with Crippen molar-refractivity contribution in [3.05, 3.63) is 29.8 Å². The van der Waals surface area contributed by atoms with E-state index in [-0.39, 0.29) is 12.0 Å². The zero-order valence-electron chi connectivity index (χ0n) is 9.36. The van der Waals surface area contributed by atoms with Crippen molar-refractivity contribution in [2.45, 2.75) is 20.0 Å². The summed E-state index contributed by atoms with van der Waals surface area (Å²) in [4.78, 5) is 2.03. The molecule has 0 aliphatic heterocycles.